The van der Waals surface area contributed by atoms with E-state index in [1.807, 2.05) is 4.90 Å². The number of carbonyl (C=O) groups is 1. The number of hydrogen-bond acceptors (Lipinski definition) is 6. The van der Waals surface area contributed by atoms with Gasteiger partial charge in [0.15, 0.2) is 0 Å². The summed E-state index contributed by atoms with van der Waals surface area (Å²) >= 11 is 0. The van der Waals surface area contributed by atoms with Crippen molar-refractivity contribution < 1.29 is 18.0 Å². The molecule has 7 nitrogen and oxygen atoms in total. The Bertz CT molecular complexity index is 1050. The van der Waals surface area contributed by atoms with Crippen LogP contribution in [-0.2, 0) is 16.1 Å². The molecule has 5 rings (SSSR count). The highest BCUT2D eigenvalue weighted by Crippen LogP contribution is 2.58. The number of amides is 1. The van der Waals surface area contributed by atoms with Gasteiger partial charge in [-0.25, -0.2) is 19.3 Å². The summed E-state index contributed by atoms with van der Waals surface area (Å²) in [6.45, 7) is 2.75. The lowest BCUT2D eigenvalue weighted by atomic mass is 9.91. The standard InChI is InChI=1S/C21H23F3N6O/c1-11(31)26-16-7-15-14(9-25-16)21(3-4-21)10-30(15)18-8-17(27-13-5-12(22)6-13)28-19(29-18)20(2,23)24/h7-9,12-13H,3-6,10H2,1-2H3,(H,25,26,31)(H,27,28,29). The predicted octanol–water partition coefficient (Wildman–Crippen LogP) is 4.04. The molecule has 31 heavy (non-hydrogen) atoms. The van der Waals surface area contributed by atoms with Crippen LogP contribution in [0, 0.1) is 0 Å². The van der Waals surface area contributed by atoms with Crippen LogP contribution in [0.25, 0.3) is 0 Å². The second-order valence-electron chi connectivity index (χ2n) is 8.87. The van der Waals surface area contributed by atoms with E-state index in [2.05, 4.69) is 25.6 Å². The van der Waals surface area contributed by atoms with Gasteiger partial charge in [0.1, 0.15) is 23.6 Å². The van der Waals surface area contributed by atoms with Crippen molar-refractivity contribution in [1.29, 1.82) is 0 Å². The Labute approximate surface area is 177 Å². The van der Waals surface area contributed by atoms with Crippen molar-refractivity contribution in [3.8, 4) is 0 Å². The van der Waals surface area contributed by atoms with Crippen LogP contribution in [0.4, 0.5) is 36.3 Å². The third-order valence-electron chi connectivity index (χ3n) is 6.18. The van der Waals surface area contributed by atoms with Gasteiger partial charge in [-0.05, 0) is 25.7 Å². The van der Waals surface area contributed by atoms with Crippen LogP contribution in [0.15, 0.2) is 18.3 Å². The molecule has 3 heterocycles. The molecule has 0 saturated heterocycles. The van der Waals surface area contributed by atoms with E-state index in [9.17, 15) is 18.0 Å². The van der Waals surface area contributed by atoms with E-state index in [0.717, 1.165) is 31.0 Å². The minimum atomic E-state index is -3.23. The third-order valence-corrected chi connectivity index (χ3v) is 6.18. The van der Waals surface area contributed by atoms with Crippen molar-refractivity contribution >= 4 is 29.0 Å². The van der Waals surface area contributed by atoms with Gasteiger partial charge < -0.3 is 15.5 Å². The van der Waals surface area contributed by atoms with Crippen molar-refractivity contribution in [2.24, 2.45) is 0 Å². The number of alkyl halides is 3. The SMILES string of the molecule is CC(=O)Nc1cc2c(cn1)C1(CC1)CN2c1cc(NC2CC(F)C2)nc(C(C)(F)F)n1. The van der Waals surface area contributed by atoms with Gasteiger partial charge in [0.25, 0.3) is 0 Å². The number of pyridine rings is 1. The summed E-state index contributed by atoms with van der Waals surface area (Å²) in [5.74, 6) is -3.06. The maximum Gasteiger partial charge on any atom is 0.303 e. The Morgan fingerprint density at radius 2 is 1.97 bits per heavy atom. The summed E-state index contributed by atoms with van der Waals surface area (Å²) in [4.78, 5) is 25.9. The maximum absolute atomic E-state index is 14.2. The number of rotatable bonds is 5. The summed E-state index contributed by atoms with van der Waals surface area (Å²) in [6.07, 6.45) is 3.50. The largest absolute Gasteiger partial charge is 0.367 e. The normalized spacial score (nSPS) is 23.3. The van der Waals surface area contributed by atoms with Crippen LogP contribution in [0.2, 0.25) is 0 Å². The highest BCUT2D eigenvalue weighted by atomic mass is 19.3. The first-order chi connectivity index (χ1) is 14.6. The molecule has 1 spiro atoms. The van der Waals surface area contributed by atoms with Gasteiger partial charge >= 0.3 is 5.92 Å². The average molecular weight is 432 g/mol. The molecule has 1 amide bonds. The summed E-state index contributed by atoms with van der Waals surface area (Å²) in [5.41, 5.74) is 1.75. The fraction of sp³-hybridized carbons (Fsp3) is 0.524. The highest BCUT2D eigenvalue weighted by molar-refractivity contribution is 5.89. The van der Waals surface area contributed by atoms with E-state index in [-0.39, 0.29) is 23.2 Å². The maximum atomic E-state index is 14.2. The van der Waals surface area contributed by atoms with Crippen molar-refractivity contribution in [2.75, 3.05) is 22.1 Å². The molecule has 164 valence electrons. The van der Waals surface area contributed by atoms with Gasteiger partial charge in [0, 0.05) is 55.7 Å². The Kier molecular flexibility index (Phi) is 4.39. The molecule has 2 fully saturated rings. The molecule has 2 aliphatic carbocycles. The number of carbonyl (C=O) groups excluding carboxylic acids is 1. The Morgan fingerprint density at radius 1 is 1.23 bits per heavy atom. The predicted molar refractivity (Wildman–Crippen MR) is 110 cm³/mol. The molecule has 1 aliphatic heterocycles. The van der Waals surface area contributed by atoms with Gasteiger partial charge in [0.2, 0.25) is 11.7 Å². The van der Waals surface area contributed by atoms with Gasteiger partial charge in [-0.1, -0.05) is 0 Å². The number of aromatic nitrogens is 3. The summed E-state index contributed by atoms with van der Waals surface area (Å²) in [6, 6.07) is 3.25. The lowest BCUT2D eigenvalue weighted by molar-refractivity contribution is -0.114. The van der Waals surface area contributed by atoms with E-state index < -0.39 is 17.9 Å². The van der Waals surface area contributed by atoms with E-state index in [4.69, 9.17) is 0 Å². The van der Waals surface area contributed by atoms with E-state index >= 15 is 0 Å². The van der Waals surface area contributed by atoms with Crippen LogP contribution in [0.3, 0.4) is 0 Å². The molecule has 10 heteroatoms. The number of fused-ring (bicyclic) bond motifs is 2. The second kappa shape index (κ2) is 6.80. The number of halogens is 3. The quantitative estimate of drug-likeness (QED) is 0.742. The van der Waals surface area contributed by atoms with Crippen LogP contribution < -0.4 is 15.5 Å². The lowest BCUT2D eigenvalue weighted by Crippen LogP contribution is -2.37. The molecule has 0 unspecified atom stereocenters. The summed E-state index contributed by atoms with van der Waals surface area (Å²) < 4.78 is 41.6. The number of nitrogens with one attached hydrogen (secondary N) is 2. The van der Waals surface area contributed by atoms with E-state index in [1.54, 1.807) is 18.3 Å². The molecule has 2 N–H and O–H groups in total. The highest BCUT2D eigenvalue weighted by Gasteiger charge is 2.53. The fourth-order valence-corrected chi connectivity index (χ4v) is 4.30. The fourth-order valence-electron chi connectivity index (χ4n) is 4.30. The number of hydrogen-bond donors (Lipinski definition) is 2. The average Bonchev–Trinajstić information content (AvgIpc) is 3.36. The molecule has 2 aromatic rings. The van der Waals surface area contributed by atoms with Gasteiger partial charge in [-0.15, -0.1) is 0 Å². The van der Waals surface area contributed by atoms with Crippen molar-refractivity contribution in [2.45, 2.75) is 63.1 Å². The van der Waals surface area contributed by atoms with E-state index in [1.165, 1.54) is 6.92 Å². The van der Waals surface area contributed by atoms with Gasteiger partial charge in [-0.2, -0.15) is 8.78 Å². The zero-order valence-corrected chi connectivity index (χ0v) is 17.3. The van der Waals surface area contributed by atoms with Gasteiger partial charge in [-0.3, -0.25) is 4.79 Å². The first-order valence-electron chi connectivity index (χ1n) is 10.4. The number of anilines is 4. The van der Waals surface area contributed by atoms with Crippen LogP contribution >= 0.6 is 0 Å². The lowest BCUT2D eigenvalue weighted by Gasteiger charge is -2.31. The molecule has 0 bridgehead atoms. The molecule has 2 aromatic heterocycles. The Morgan fingerprint density at radius 3 is 2.58 bits per heavy atom. The topological polar surface area (TPSA) is 83.0 Å². The first kappa shape index (κ1) is 20.0. The molecule has 0 atom stereocenters. The van der Waals surface area contributed by atoms with E-state index in [0.29, 0.717) is 31.0 Å². The first-order valence-corrected chi connectivity index (χ1v) is 10.4. The summed E-state index contributed by atoms with van der Waals surface area (Å²) in [5, 5.41) is 5.73. The molecule has 0 radical (unpaired) electrons. The molecule has 2 saturated carbocycles. The molecule has 0 aromatic carbocycles. The minimum absolute atomic E-state index is 0.0695. The van der Waals surface area contributed by atoms with Crippen LogP contribution in [0.1, 0.15) is 50.9 Å². The zero-order chi connectivity index (χ0) is 22.0. The molecule has 3 aliphatic rings. The molecular weight excluding hydrogens is 409 g/mol. The molecular formula is C21H23F3N6O. The van der Waals surface area contributed by atoms with Crippen molar-refractivity contribution in [3.63, 3.8) is 0 Å². The monoisotopic (exact) mass is 432 g/mol. The van der Waals surface area contributed by atoms with Crippen LogP contribution in [-0.4, -0.2) is 39.6 Å². The Balaban J connectivity index is 1.54. The third kappa shape index (κ3) is 3.68. The Hall–Kier alpha value is -2.91. The second-order valence-corrected chi connectivity index (χ2v) is 8.87. The van der Waals surface area contributed by atoms with Crippen molar-refractivity contribution in [3.05, 3.63) is 29.7 Å². The number of nitrogens with zero attached hydrogens (tertiary/aromatic N) is 4. The minimum Gasteiger partial charge on any atom is -0.367 e. The zero-order valence-electron chi connectivity index (χ0n) is 17.3. The van der Waals surface area contributed by atoms with Crippen LogP contribution in [0.5, 0.6) is 0 Å². The van der Waals surface area contributed by atoms with Crippen molar-refractivity contribution in [1.82, 2.24) is 15.0 Å². The van der Waals surface area contributed by atoms with Gasteiger partial charge in [0.05, 0.1) is 5.69 Å². The smallest absolute Gasteiger partial charge is 0.303 e. The summed E-state index contributed by atoms with van der Waals surface area (Å²) in [7, 11) is 0.